The van der Waals surface area contributed by atoms with Crippen LogP contribution in [-0.4, -0.2) is 37.6 Å². The molecule has 0 aliphatic carbocycles. The Morgan fingerprint density at radius 3 is 2.23 bits per heavy atom. The third kappa shape index (κ3) is 2.99. The van der Waals surface area contributed by atoms with Crippen molar-refractivity contribution in [2.75, 3.05) is 13.1 Å². The van der Waals surface area contributed by atoms with E-state index in [1.54, 1.807) is 23.1 Å². The summed E-state index contributed by atoms with van der Waals surface area (Å²) in [7, 11) is -3.69. The predicted octanol–water partition coefficient (Wildman–Crippen LogP) is 2.87. The number of hydrogen-bond donors (Lipinski definition) is 0. The highest BCUT2D eigenvalue weighted by Gasteiger charge is 2.32. The van der Waals surface area contributed by atoms with Gasteiger partial charge in [-0.1, -0.05) is 30.3 Å². The van der Waals surface area contributed by atoms with Crippen molar-refractivity contribution in [1.29, 1.82) is 0 Å². The molecule has 0 saturated heterocycles. The van der Waals surface area contributed by atoms with Crippen molar-refractivity contribution in [3.8, 4) is 0 Å². The van der Waals surface area contributed by atoms with E-state index in [9.17, 15) is 13.2 Å². The van der Waals surface area contributed by atoms with Crippen LogP contribution < -0.4 is 0 Å². The molecule has 22 heavy (non-hydrogen) atoms. The van der Waals surface area contributed by atoms with E-state index in [4.69, 9.17) is 0 Å². The number of nitrogens with zero attached hydrogens (tertiary/aromatic N) is 1. The van der Waals surface area contributed by atoms with Gasteiger partial charge >= 0.3 is 0 Å². The molecule has 0 heterocycles. The molecule has 0 radical (unpaired) electrons. The maximum absolute atomic E-state index is 12.7. The van der Waals surface area contributed by atoms with Crippen LogP contribution in [0, 0.1) is 0 Å². The average Bonchev–Trinajstić information content (AvgIpc) is 2.54. The number of carbonyl (C=O) groups is 1. The first-order chi connectivity index (χ1) is 10.4. The highest BCUT2D eigenvalue weighted by atomic mass is 32.2. The molecule has 0 aliphatic rings. The van der Waals surface area contributed by atoms with Gasteiger partial charge in [0.15, 0.2) is 9.84 Å². The Morgan fingerprint density at radius 1 is 1.05 bits per heavy atom. The van der Waals surface area contributed by atoms with Crippen molar-refractivity contribution in [1.82, 2.24) is 4.90 Å². The number of benzene rings is 2. The second-order valence-electron chi connectivity index (χ2n) is 5.21. The van der Waals surface area contributed by atoms with E-state index in [0.717, 1.165) is 10.8 Å². The van der Waals surface area contributed by atoms with E-state index in [1.807, 2.05) is 38.1 Å². The van der Waals surface area contributed by atoms with Gasteiger partial charge in [0.25, 0.3) is 0 Å². The van der Waals surface area contributed by atoms with Gasteiger partial charge < -0.3 is 4.90 Å². The van der Waals surface area contributed by atoms with Gasteiger partial charge in [-0.25, -0.2) is 8.42 Å². The third-order valence-corrected chi connectivity index (χ3v) is 5.98. The molecule has 0 N–H and O–H groups in total. The van der Waals surface area contributed by atoms with E-state index in [-0.39, 0.29) is 10.8 Å². The molecule has 0 saturated carbocycles. The quantitative estimate of drug-likeness (QED) is 0.851. The summed E-state index contributed by atoms with van der Waals surface area (Å²) in [5.74, 6) is -0.349. The van der Waals surface area contributed by atoms with E-state index in [2.05, 4.69) is 0 Å². The van der Waals surface area contributed by atoms with Crippen molar-refractivity contribution in [3.63, 3.8) is 0 Å². The van der Waals surface area contributed by atoms with E-state index >= 15 is 0 Å². The van der Waals surface area contributed by atoms with Crippen LogP contribution in [-0.2, 0) is 14.6 Å². The van der Waals surface area contributed by atoms with Crippen LogP contribution >= 0.6 is 0 Å². The summed E-state index contributed by atoms with van der Waals surface area (Å²) in [4.78, 5) is 14.1. The maximum atomic E-state index is 12.7. The molecule has 5 heteroatoms. The van der Waals surface area contributed by atoms with Crippen LogP contribution in [0.25, 0.3) is 10.8 Å². The SMILES string of the molecule is CCN(CC)C(=O)C(C)S(=O)(=O)c1ccc2ccccc2c1. The van der Waals surface area contributed by atoms with Crippen molar-refractivity contribution in [3.05, 3.63) is 42.5 Å². The minimum atomic E-state index is -3.69. The van der Waals surface area contributed by atoms with Gasteiger partial charge in [0.2, 0.25) is 5.91 Å². The lowest BCUT2D eigenvalue weighted by atomic mass is 10.1. The topological polar surface area (TPSA) is 54.5 Å². The molecule has 0 aromatic heterocycles. The van der Waals surface area contributed by atoms with Crippen LogP contribution in [0.2, 0.25) is 0 Å². The molecular formula is C17H21NO3S. The largest absolute Gasteiger partial charge is 0.342 e. The molecule has 4 nitrogen and oxygen atoms in total. The molecule has 118 valence electrons. The predicted molar refractivity (Wildman–Crippen MR) is 88.5 cm³/mol. The van der Waals surface area contributed by atoms with Gasteiger partial charge in [-0.15, -0.1) is 0 Å². The number of hydrogen-bond acceptors (Lipinski definition) is 3. The standard InChI is InChI=1S/C17H21NO3S/c1-4-18(5-2)17(19)13(3)22(20,21)16-11-10-14-8-6-7-9-15(14)12-16/h6-13H,4-5H2,1-3H3. The van der Waals surface area contributed by atoms with E-state index < -0.39 is 15.1 Å². The Morgan fingerprint density at radius 2 is 1.64 bits per heavy atom. The summed E-state index contributed by atoms with van der Waals surface area (Å²) in [6.45, 7) is 6.17. The zero-order chi connectivity index (χ0) is 16.3. The number of rotatable bonds is 5. The third-order valence-electron chi connectivity index (χ3n) is 3.94. The van der Waals surface area contributed by atoms with E-state index in [1.165, 1.54) is 6.92 Å². The number of fused-ring (bicyclic) bond motifs is 1. The van der Waals surface area contributed by atoms with Gasteiger partial charge in [0.1, 0.15) is 5.25 Å². The van der Waals surface area contributed by atoms with Gasteiger partial charge in [0, 0.05) is 13.1 Å². The summed E-state index contributed by atoms with van der Waals surface area (Å²) in [6.07, 6.45) is 0. The minimum absolute atomic E-state index is 0.194. The fourth-order valence-electron chi connectivity index (χ4n) is 2.47. The Bertz CT molecular complexity index is 779. The van der Waals surface area contributed by atoms with Crippen molar-refractivity contribution in [2.45, 2.75) is 30.9 Å². The first-order valence-corrected chi connectivity index (χ1v) is 8.98. The summed E-state index contributed by atoms with van der Waals surface area (Å²) < 4.78 is 25.4. The fraction of sp³-hybridized carbons (Fsp3) is 0.353. The van der Waals surface area contributed by atoms with Crippen LogP contribution in [0.15, 0.2) is 47.4 Å². The fourth-order valence-corrected chi connectivity index (χ4v) is 3.85. The summed E-state index contributed by atoms with van der Waals surface area (Å²) in [5.41, 5.74) is 0. The molecule has 2 aromatic carbocycles. The second-order valence-corrected chi connectivity index (χ2v) is 7.48. The van der Waals surface area contributed by atoms with Gasteiger partial charge in [0.05, 0.1) is 4.90 Å². The van der Waals surface area contributed by atoms with Crippen LogP contribution in [0.3, 0.4) is 0 Å². The zero-order valence-electron chi connectivity index (χ0n) is 13.1. The Hall–Kier alpha value is -1.88. The first kappa shape index (κ1) is 16.5. The molecule has 0 fully saturated rings. The van der Waals surface area contributed by atoms with Gasteiger partial charge in [-0.3, -0.25) is 4.79 Å². The lowest BCUT2D eigenvalue weighted by Gasteiger charge is -2.23. The molecule has 2 rings (SSSR count). The average molecular weight is 319 g/mol. The summed E-state index contributed by atoms with van der Waals surface area (Å²) in [5, 5.41) is 0.754. The second kappa shape index (κ2) is 6.48. The first-order valence-electron chi connectivity index (χ1n) is 7.43. The van der Waals surface area contributed by atoms with Gasteiger partial charge in [-0.05, 0) is 43.7 Å². The van der Waals surface area contributed by atoms with Crippen molar-refractivity contribution >= 4 is 26.5 Å². The molecule has 0 aliphatic heterocycles. The molecule has 0 spiro atoms. The summed E-state index contributed by atoms with van der Waals surface area (Å²) >= 11 is 0. The Kier molecular flexibility index (Phi) is 4.86. The van der Waals surface area contributed by atoms with Crippen LogP contribution in [0.1, 0.15) is 20.8 Å². The number of amides is 1. The minimum Gasteiger partial charge on any atom is -0.342 e. The monoisotopic (exact) mass is 319 g/mol. The zero-order valence-corrected chi connectivity index (χ0v) is 13.9. The van der Waals surface area contributed by atoms with Crippen LogP contribution in [0.4, 0.5) is 0 Å². The summed E-state index contributed by atoms with van der Waals surface area (Å²) in [6, 6.07) is 12.5. The number of sulfone groups is 1. The van der Waals surface area contributed by atoms with Crippen molar-refractivity contribution < 1.29 is 13.2 Å². The highest BCUT2D eigenvalue weighted by Crippen LogP contribution is 2.23. The smallest absolute Gasteiger partial charge is 0.240 e. The lowest BCUT2D eigenvalue weighted by molar-refractivity contribution is -0.130. The molecule has 1 amide bonds. The van der Waals surface area contributed by atoms with E-state index in [0.29, 0.717) is 13.1 Å². The lowest BCUT2D eigenvalue weighted by Crippen LogP contribution is -2.41. The maximum Gasteiger partial charge on any atom is 0.240 e. The molecule has 2 aromatic rings. The molecular weight excluding hydrogens is 298 g/mol. The Balaban J connectivity index is 2.41. The normalized spacial score (nSPS) is 13.0. The molecule has 0 bridgehead atoms. The van der Waals surface area contributed by atoms with Gasteiger partial charge in [-0.2, -0.15) is 0 Å². The van der Waals surface area contributed by atoms with Crippen LogP contribution in [0.5, 0.6) is 0 Å². The highest BCUT2D eigenvalue weighted by molar-refractivity contribution is 7.92. The Labute approximate surface area is 131 Å². The van der Waals surface area contributed by atoms with Crippen molar-refractivity contribution in [2.24, 2.45) is 0 Å². The molecule has 1 unspecified atom stereocenters. The molecule has 1 atom stereocenters. The number of carbonyl (C=O) groups excluding carboxylic acids is 1.